The zero-order valence-corrected chi connectivity index (χ0v) is 49.8. The summed E-state index contributed by atoms with van der Waals surface area (Å²) in [4.78, 5) is 38.3. The Bertz CT molecular complexity index is 1390. The van der Waals surface area contributed by atoms with Gasteiger partial charge in [0.05, 0.1) is 0 Å². The molecule has 0 fully saturated rings. The molecular weight excluding hydrogens is 925 g/mol. The quantitative estimate of drug-likeness (QED) is 0.0261. The Labute approximate surface area is 465 Å². The van der Waals surface area contributed by atoms with Crippen LogP contribution in [-0.4, -0.2) is 37.2 Å². The fraction of sp³-hybridized carbons (Fsp3) is 0.783. The van der Waals surface area contributed by atoms with E-state index in [-0.39, 0.29) is 31.1 Å². The number of hydrogen-bond acceptors (Lipinski definition) is 6. The van der Waals surface area contributed by atoms with Gasteiger partial charge in [0.2, 0.25) is 0 Å². The zero-order chi connectivity index (χ0) is 54.3. The highest BCUT2D eigenvalue weighted by atomic mass is 16.6. The topological polar surface area (TPSA) is 78.9 Å². The lowest BCUT2D eigenvalue weighted by molar-refractivity contribution is -0.167. The molecule has 6 nitrogen and oxygen atoms in total. The number of hydrogen-bond donors (Lipinski definition) is 0. The lowest BCUT2D eigenvalue weighted by atomic mass is 10.1. The molecule has 0 aromatic rings. The monoisotopic (exact) mass is 1050 g/mol. The van der Waals surface area contributed by atoms with Gasteiger partial charge >= 0.3 is 17.9 Å². The lowest BCUT2D eigenvalue weighted by Gasteiger charge is -2.18. The minimum Gasteiger partial charge on any atom is -0.462 e. The van der Waals surface area contributed by atoms with Crippen LogP contribution in [0.2, 0.25) is 0 Å². The Morgan fingerprint density at radius 1 is 0.267 bits per heavy atom. The van der Waals surface area contributed by atoms with Gasteiger partial charge in [0.1, 0.15) is 13.2 Å². The summed E-state index contributed by atoms with van der Waals surface area (Å²) in [6, 6.07) is 0. The fourth-order valence-electron chi connectivity index (χ4n) is 9.24. The Morgan fingerprint density at radius 3 is 0.787 bits per heavy atom. The van der Waals surface area contributed by atoms with E-state index in [0.717, 1.165) is 89.9 Å². The maximum Gasteiger partial charge on any atom is 0.306 e. The van der Waals surface area contributed by atoms with Gasteiger partial charge in [0.15, 0.2) is 6.10 Å². The summed E-state index contributed by atoms with van der Waals surface area (Å²) in [5, 5.41) is 0. The predicted molar refractivity (Wildman–Crippen MR) is 325 cm³/mol. The average molecular weight is 1050 g/mol. The van der Waals surface area contributed by atoms with Crippen LogP contribution in [0.15, 0.2) is 72.9 Å². The molecule has 0 amide bonds. The summed E-state index contributed by atoms with van der Waals surface area (Å²) < 4.78 is 16.9. The van der Waals surface area contributed by atoms with Gasteiger partial charge in [0.25, 0.3) is 0 Å². The van der Waals surface area contributed by atoms with E-state index in [2.05, 4.69) is 93.7 Å². The number of carbonyl (C=O) groups is 3. The van der Waals surface area contributed by atoms with Crippen LogP contribution in [-0.2, 0) is 28.6 Å². The van der Waals surface area contributed by atoms with Crippen LogP contribution < -0.4 is 0 Å². The molecule has 0 aliphatic carbocycles. The third kappa shape index (κ3) is 61.6. The van der Waals surface area contributed by atoms with Crippen molar-refractivity contribution >= 4 is 17.9 Å². The summed E-state index contributed by atoms with van der Waals surface area (Å²) >= 11 is 0. The number of rotatable bonds is 59. The zero-order valence-electron chi connectivity index (χ0n) is 49.8. The van der Waals surface area contributed by atoms with E-state index in [0.29, 0.717) is 19.3 Å². The van der Waals surface area contributed by atoms with Crippen LogP contribution in [0.3, 0.4) is 0 Å². The third-order valence-electron chi connectivity index (χ3n) is 14.2. The minimum atomic E-state index is -0.786. The van der Waals surface area contributed by atoms with Crippen molar-refractivity contribution in [3.05, 3.63) is 72.9 Å². The van der Waals surface area contributed by atoms with Crippen LogP contribution in [0.1, 0.15) is 329 Å². The first-order valence-electron chi connectivity index (χ1n) is 32.4. The molecule has 0 heterocycles. The number of unbranched alkanes of at least 4 members (excludes halogenated alkanes) is 36. The van der Waals surface area contributed by atoms with Crippen molar-refractivity contribution in [1.29, 1.82) is 0 Å². The molecule has 1 atom stereocenters. The number of ether oxygens (including phenoxy) is 3. The second kappa shape index (κ2) is 63.4. The molecule has 0 aliphatic rings. The van der Waals surface area contributed by atoms with Crippen LogP contribution in [0.25, 0.3) is 0 Å². The largest absolute Gasteiger partial charge is 0.462 e. The minimum absolute atomic E-state index is 0.0825. The van der Waals surface area contributed by atoms with Gasteiger partial charge in [-0.25, -0.2) is 0 Å². The standard InChI is InChI=1S/C69H122O6/c1-4-7-10-13-16-19-22-25-28-30-31-32-33-34-35-36-37-39-41-44-47-50-53-56-59-62-68(71)74-65-66(64-73-67(70)61-58-55-52-49-46-43-40-27-24-21-18-15-12-9-6-3)75-69(72)63-60-57-54-51-48-45-42-38-29-26-23-20-17-14-11-8-5-2/h18,21-22,25-27,29-31,33-34,40,66H,4-17,19-20,23-24,28,32,35-39,41-65H2,1-3H3/b21-18-,25-22-,29-26-,31-30-,34-33-,40-27-. The molecule has 0 rings (SSSR count). The molecule has 434 valence electrons. The van der Waals surface area contributed by atoms with Gasteiger partial charge < -0.3 is 14.2 Å². The SMILES string of the molecule is CCCCC/C=C\C/C=C\CCCCCCCC(=O)OCC(COC(=O)CCCCCCCCCCCC/C=C\C/C=C\C/C=C\CCCCCCC)OC(=O)CCCCCCCCC/C=C\CCCCCCCC. The molecule has 0 saturated heterocycles. The molecule has 0 aromatic heterocycles. The number of carbonyl (C=O) groups excluding carboxylic acids is 3. The molecular formula is C69H122O6. The summed E-state index contributed by atoms with van der Waals surface area (Å²) in [6.07, 6.45) is 81.9. The van der Waals surface area contributed by atoms with Crippen LogP contribution in [0.4, 0.5) is 0 Å². The Balaban J connectivity index is 4.34. The number of esters is 3. The van der Waals surface area contributed by atoms with Crippen molar-refractivity contribution in [2.75, 3.05) is 13.2 Å². The molecule has 0 N–H and O–H groups in total. The second-order valence-electron chi connectivity index (χ2n) is 21.7. The molecule has 6 heteroatoms. The second-order valence-corrected chi connectivity index (χ2v) is 21.7. The molecule has 0 saturated carbocycles. The third-order valence-corrected chi connectivity index (χ3v) is 14.2. The van der Waals surface area contributed by atoms with Crippen LogP contribution in [0, 0.1) is 0 Å². The molecule has 0 radical (unpaired) electrons. The van der Waals surface area contributed by atoms with Crippen molar-refractivity contribution in [3.63, 3.8) is 0 Å². The van der Waals surface area contributed by atoms with Crippen molar-refractivity contribution in [2.45, 2.75) is 335 Å². The molecule has 0 bridgehead atoms. The molecule has 0 aromatic carbocycles. The lowest BCUT2D eigenvalue weighted by Crippen LogP contribution is -2.30. The van der Waals surface area contributed by atoms with E-state index in [1.807, 2.05) is 0 Å². The van der Waals surface area contributed by atoms with Gasteiger partial charge in [-0.15, -0.1) is 0 Å². The van der Waals surface area contributed by atoms with Crippen LogP contribution >= 0.6 is 0 Å². The van der Waals surface area contributed by atoms with Crippen molar-refractivity contribution in [3.8, 4) is 0 Å². The van der Waals surface area contributed by atoms with E-state index in [1.165, 1.54) is 199 Å². The summed E-state index contributed by atoms with van der Waals surface area (Å²) in [5.41, 5.74) is 0. The van der Waals surface area contributed by atoms with E-state index in [1.54, 1.807) is 0 Å². The Kier molecular flexibility index (Phi) is 60.7. The first kappa shape index (κ1) is 71.8. The normalized spacial score (nSPS) is 12.5. The summed E-state index contributed by atoms with van der Waals surface area (Å²) in [6.45, 7) is 6.61. The van der Waals surface area contributed by atoms with E-state index >= 15 is 0 Å². The highest BCUT2D eigenvalue weighted by Gasteiger charge is 2.19. The summed E-state index contributed by atoms with van der Waals surface area (Å²) in [5.74, 6) is -0.891. The van der Waals surface area contributed by atoms with Gasteiger partial charge in [0, 0.05) is 19.3 Å². The smallest absolute Gasteiger partial charge is 0.306 e. The van der Waals surface area contributed by atoms with E-state index < -0.39 is 6.10 Å². The van der Waals surface area contributed by atoms with Crippen LogP contribution in [0.5, 0.6) is 0 Å². The van der Waals surface area contributed by atoms with E-state index in [4.69, 9.17) is 14.2 Å². The van der Waals surface area contributed by atoms with E-state index in [9.17, 15) is 14.4 Å². The first-order valence-corrected chi connectivity index (χ1v) is 32.4. The predicted octanol–water partition coefficient (Wildman–Crippen LogP) is 22.1. The highest BCUT2D eigenvalue weighted by Crippen LogP contribution is 2.16. The Morgan fingerprint density at radius 2 is 0.480 bits per heavy atom. The van der Waals surface area contributed by atoms with Crippen molar-refractivity contribution in [2.24, 2.45) is 0 Å². The number of allylic oxidation sites excluding steroid dienone is 12. The maximum atomic E-state index is 12.9. The average Bonchev–Trinajstić information content (AvgIpc) is 3.41. The van der Waals surface area contributed by atoms with Crippen molar-refractivity contribution < 1.29 is 28.6 Å². The first-order chi connectivity index (χ1) is 37.0. The highest BCUT2D eigenvalue weighted by molar-refractivity contribution is 5.71. The van der Waals surface area contributed by atoms with Gasteiger partial charge in [-0.1, -0.05) is 267 Å². The molecule has 75 heavy (non-hydrogen) atoms. The van der Waals surface area contributed by atoms with Gasteiger partial charge in [-0.05, 0) is 116 Å². The summed E-state index contributed by atoms with van der Waals surface area (Å²) in [7, 11) is 0. The Hall–Kier alpha value is -3.15. The fourth-order valence-corrected chi connectivity index (χ4v) is 9.24. The molecule has 0 spiro atoms. The van der Waals surface area contributed by atoms with Crippen molar-refractivity contribution in [1.82, 2.24) is 0 Å². The van der Waals surface area contributed by atoms with Gasteiger partial charge in [-0.3, -0.25) is 14.4 Å². The maximum absolute atomic E-state index is 12.9. The molecule has 0 aliphatic heterocycles. The molecule has 1 unspecified atom stereocenters. The van der Waals surface area contributed by atoms with Gasteiger partial charge in [-0.2, -0.15) is 0 Å².